The van der Waals surface area contributed by atoms with Gasteiger partial charge in [-0.1, -0.05) is 0 Å². The fraction of sp³-hybridized carbons (Fsp3) is 0.538. The zero-order valence-electron chi connectivity index (χ0n) is 12.5. The fourth-order valence-electron chi connectivity index (χ4n) is 1.86. The predicted octanol–water partition coefficient (Wildman–Crippen LogP) is 1.58. The van der Waals surface area contributed by atoms with Crippen molar-refractivity contribution in [2.24, 2.45) is 0 Å². The molecular weight excluding hydrogens is 254 g/mol. The number of rotatable bonds is 4. The number of aryl methyl sites for hydroxylation is 1. The Balaban J connectivity index is 2.50. The summed E-state index contributed by atoms with van der Waals surface area (Å²) in [6.07, 6.45) is 1.79. The third-order valence-electron chi connectivity index (χ3n) is 2.68. The Morgan fingerprint density at radius 1 is 1.20 bits per heavy atom. The van der Waals surface area contributed by atoms with E-state index in [1.807, 2.05) is 39.0 Å². The topological polar surface area (TPSA) is 91.0 Å². The van der Waals surface area contributed by atoms with Crippen molar-refractivity contribution >= 4 is 17.3 Å². The van der Waals surface area contributed by atoms with Crippen molar-refractivity contribution in [1.82, 2.24) is 24.9 Å². The molecular formula is C13H21N7. The highest BCUT2D eigenvalue weighted by atomic mass is 15.3. The molecule has 0 aliphatic heterocycles. The summed E-state index contributed by atoms with van der Waals surface area (Å²) in [5.41, 5.74) is 1.24. The molecule has 0 aromatic carbocycles. The van der Waals surface area contributed by atoms with Crippen LogP contribution in [0.15, 0.2) is 6.20 Å². The van der Waals surface area contributed by atoms with Gasteiger partial charge in [0.15, 0.2) is 5.82 Å². The summed E-state index contributed by atoms with van der Waals surface area (Å²) in [6.45, 7) is 9.93. The van der Waals surface area contributed by atoms with E-state index in [9.17, 15) is 0 Å². The normalized spacial score (nSPS) is 11.3. The Morgan fingerprint density at radius 3 is 2.50 bits per heavy atom. The molecule has 2 aromatic heterocycles. The average molecular weight is 275 g/mol. The molecule has 0 amide bonds. The largest absolute Gasteiger partial charge is 0.367 e. The second-order valence-corrected chi connectivity index (χ2v) is 5.39. The van der Waals surface area contributed by atoms with E-state index < -0.39 is 0 Å². The molecule has 2 aromatic rings. The van der Waals surface area contributed by atoms with E-state index in [-0.39, 0.29) is 12.1 Å². The molecule has 0 saturated heterocycles. The molecule has 0 spiro atoms. The number of hydrogen-bond donors (Lipinski definition) is 3. The minimum Gasteiger partial charge on any atom is -0.367 e. The molecule has 20 heavy (non-hydrogen) atoms. The second-order valence-electron chi connectivity index (χ2n) is 5.39. The van der Waals surface area contributed by atoms with Crippen LogP contribution in [-0.4, -0.2) is 37.5 Å². The lowest BCUT2D eigenvalue weighted by atomic mass is 10.3. The maximum atomic E-state index is 8.08. The number of anilines is 1. The highest BCUT2D eigenvalue weighted by Gasteiger charge is 2.14. The molecule has 0 aliphatic rings. The van der Waals surface area contributed by atoms with Crippen LogP contribution >= 0.6 is 0 Å². The maximum absolute atomic E-state index is 8.08. The molecule has 0 aliphatic carbocycles. The zero-order chi connectivity index (χ0) is 14.9. The molecule has 7 nitrogen and oxygen atoms in total. The van der Waals surface area contributed by atoms with Crippen LogP contribution in [0.2, 0.25) is 0 Å². The van der Waals surface area contributed by atoms with Crippen LogP contribution in [0.5, 0.6) is 0 Å². The quantitative estimate of drug-likeness (QED) is 0.582. The van der Waals surface area contributed by atoms with Crippen molar-refractivity contribution in [2.45, 2.75) is 46.7 Å². The SMILES string of the molecule is Cc1nnc2c(NC(C)C)nc(C(=N)NC(C)C)cn12. The summed E-state index contributed by atoms with van der Waals surface area (Å²) in [5.74, 6) is 1.71. The van der Waals surface area contributed by atoms with Gasteiger partial charge in [0.05, 0.1) is 0 Å². The van der Waals surface area contributed by atoms with E-state index in [1.54, 1.807) is 6.20 Å². The van der Waals surface area contributed by atoms with Gasteiger partial charge in [0.25, 0.3) is 0 Å². The Bertz CT molecular complexity index is 627. The van der Waals surface area contributed by atoms with Gasteiger partial charge in [0.2, 0.25) is 5.65 Å². The van der Waals surface area contributed by atoms with Gasteiger partial charge in [-0.25, -0.2) is 4.98 Å². The molecule has 0 bridgehead atoms. The molecule has 0 fully saturated rings. The summed E-state index contributed by atoms with van der Waals surface area (Å²) < 4.78 is 1.85. The molecule has 3 N–H and O–H groups in total. The minimum atomic E-state index is 0.184. The molecule has 0 saturated carbocycles. The third-order valence-corrected chi connectivity index (χ3v) is 2.68. The number of fused-ring (bicyclic) bond motifs is 1. The van der Waals surface area contributed by atoms with E-state index in [2.05, 4.69) is 25.8 Å². The van der Waals surface area contributed by atoms with Crippen LogP contribution in [0.3, 0.4) is 0 Å². The van der Waals surface area contributed by atoms with E-state index in [4.69, 9.17) is 5.41 Å². The standard InChI is InChI=1S/C13H21N7/c1-7(2)15-11(14)10-6-20-9(5)18-19-13(20)12(17-10)16-8(3)4/h6-8H,1-5H3,(H2,14,15)(H,16,17). The van der Waals surface area contributed by atoms with Gasteiger partial charge in [-0.3, -0.25) is 9.81 Å². The first-order chi connectivity index (χ1) is 9.38. The van der Waals surface area contributed by atoms with Gasteiger partial charge < -0.3 is 10.6 Å². The highest BCUT2D eigenvalue weighted by Crippen LogP contribution is 2.15. The van der Waals surface area contributed by atoms with Gasteiger partial charge in [-0.05, 0) is 34.6 Å². The number of hydrogen-bond acceptors (Lipinski definition) is 5. The first-order valence-corrected chi connectivity index (χ1v) is 6.73. The van der Waals surface area contributed by atoms with Crippen molar-refractivity contribution in [3.05, 3.63) is 17.7 Å². The summed E-state index contributed by atoms with van der Waals surface area (Å²) >= 11 is 0. The van der Waals surface area contributed by atoms with E-state index in [0.29, 0.717) is 23.0 Å². The van der Waals surface area contributed by atoms with Crippen molar-refractivity contribution in [3.63, 3.8) is 0 Å². The second kappa shape index (κ2) is 5.44. The van der Waals surface area contributed by atoms with Gasteiger partial charge in [0.1, 0.15) is 17.4 Å². The monoisotopic (exact) mass is 275 g/mol. The Labute approximate surface area is 118 Å². The van der Waals surface area contributed by atoms with Crippen LogP contribution < -0.4 is 10.6 Å². The Hall–Kier alpha value is -2.18. The first kappa shape index (κ1) is 14.2. The van der Waals surface area contributed by atoms with Crippen LogP contribution in [0.25, 0.3) is 5.65 Å². The average Bonchev–Trinajstić information content (AvgIpc) is 2.70. The minimum absolute atomic E-state index is 0.184. The van der Waals surface area contributed by atoms with Gasteiger partial charge in [-0.15, -0.1) is 10.2 Å². The van der Waals surface area contributed by atoms with Gasteiger partial charge in [0, 0.05) is 18.3 Å². The molecule has 2 rings (SSSR count). The lowest BCUT2D eigenvalue weighted by Gasteiger charge is -2.14. The van der Waals surface area contributed by atoms with Crippen molar-refractivity contribution in [3.8, 4) is 0 Å². The van der Waals surface area contributed by atoms with Crippen LogP contribution in [0.1, 0.15) is 39.2 Å². The molecule has 0 unspecified atom stereocenters. The van der Waals surface area contributed by atoms with Gasteiger partial charge in [-0.2, -0.15) is 0 Å². The molecule has 2 heterocycles. The van der Waals surface area contributed by atoms with Crippen molar-refractivity contribution < 1.29 is 0 Å². The summed E-state index contributed by atoms with van der Waals surface area (Å²) in [7, 11) is 0. The maximum Gasteiger partial charge on any atom is 0.203 e. The number of amidine groups is 1. The molecule has 7 heteroatoms. The molecule has 0 atom stereocenters. The van der Waals surface area contributed by atoms with Gasteiger partial charge >= 0.3 is 0 Å². The summed E-state index contributed by atoms with van der Waals surface area (Å²) in [4.78, 5) is 4.49. The van der Waals surface area contributed by atoms with Crippen molar-refractivity contribution in [2.75, 3.05) is 5.32 Å². The Kier molecular flexibility index (Phi) is 3.87. The molecule has 0 radical (unpaired) electrons. The van der Waals surface area contributed by atoms with E-state index in [0.717, 1.165) is 5.82 Å². The fourth-order valence-corrected chi connectivity index (χ4v) is 1.86. The van der Waals surface area contributed by atoms with Crippen LogP contribution in [0, 0.1) is 12.3 Å². The smallest absolute Gasteiger partial charge is 0.203 e. The predicted molar refractivity (Wildman–Crippen MR) is 79.4 cm³/mol. The van der Waals surface area contributed by atoms with E-state index >= 15 is 0 Å². The lowest BCUT2D eigenvalue weighted by Crippen LogP contribution is -2.31. The number of nitrogens with one attached hydrogen (secondary N) is 3. The molecule has 108 valence electrons. The van der Waals surface area contributed by atoms with Crippen LogP contribution in [0.4, 0.5) is 5.82 Å². The summed E-state index contributed by atoms with van der Waals surface area (Å²) in [6, 6.07) is 0.411. The third kappa shape index (κ3) is 2.87. The zero-order valence-corrected chi connectivity index (χ0v) is 12.5. The first-order valence-electron chi connectivity index (χ1n) is 6.73. The van der Waals surface area contributed by atoms with E-state index in [1.165, 1.54) is 0 Å². The van der Waals surface area contributed by atoms with Crippen LogP contribution in [-0.2, 0) is 0 Å². The number of nitrogens with zero attached hydrogens (tertiary/aromatic N) is 4. The summed E-state index contributed by atoms with van der Waals surface area (Å²) in [5, 5.41) is 22.6. The Morgan fingerprint density at radius 2 is 1.90 bits per heavy atom. The highest BCUT2D eigenvalue weighted by molar-refractivity contribution is 5.95. The van der Waals surface area contributed by atoms with Crippen molar-refractivity contribution in [1.29, 1.82) is 5.41 Å². The number of aromatic nitrogens is 4. The lowest BCUT2D eigenvalue weighted by molar-refractivity contribution is 0.728.